The predicted molar refractivity (Wildman–Crippen MR) is 67.4 cm³/mol. The fourth-order valence-corrected chi connectivity index (χ4v) is 5.22. The molecule has 4 saturated carbocycles. The van der Waals surface area contributed by atoms with E-state index in [1.165, 1.54) is 37.8 Å². The summed E-state index contributed by atoms with van der Waals surface area (Å²) in [6.45, 7) is 0. The number of hydrogen-bond acceptors (Lipinski definition) is 2. The summed E-state index contributed by atoms with van der Waals surface area (Å²) in [6.07, 6.45) is 7.37. The van der Waals surface area contributed by atoms with Crippen molar-refractivity contribution >= 4 is 5.82 Å². The number of aromatic nitrogens is 2. The topological polar surface area (TPSA) is 43.8 Å². The molecule has 3 nitrogen and oxygen atoms in total. The molecular formula is C14H21N3. The SMILES string of the molecule is Cn1nc(N)cc1C1C2CC3CC(C2)CC1C3. The zero-order valence-electron chi connectivity index (χ0n) is 10.5. The molecule has 0 atom stereocenters. The molecule has 4 bridgehead atoms. The van der Waals surface area contributed by atoms with Crippen molar-refractivity contribution in [2.24, 2.45) is 30.7 Å². The van der Waals surface area contributed by atoms with Gasteiger partial charge in [0.1, 0.15) is 5.82 Å². The number of rotatable bonds is 1. The first kappa shape index (κ1) is 9.98. The van der Waals surface area contributed by atoms with E-state index in [1.807, 2.05) is 4.68 Å². The molecule has 92 valence electrons. The Hall–Kier alpha value is -0.990. The van der Waals surface area contributed by atoms with Crippen LogP contribution in [0.25, 0.3) is 0 Å². The monoisotopic (exact) mass is 231 g/mol. The van der Waals surface area contributed by atoms with Crippen LogP contribution in [0.4, 0.5) is 5.82 Å². The van der Waals surface area contributed by atoms with Gasteiger partial charge in [0.25, 0.3) is 0 Å². The van der Waals surface area contributed by atoms with Crippen LogP contribution in [0, 0.1) is 23.7 Å². The lowest BCUT2D eigenvalue weighted by atomic mass is 9.51. The minimum absolute atomic E-state index is 0.691. The van der Waals surface area contributed by atoms with Crippen molar-refractivity contribution < 1.29 is 0 Å². The van der Waals surface area contributed by atoms with Gasteiger partial charge in [0.05, 0.1) is 0 Å². The van der Waals surface area contributed by atoms with Gasteiger partial charge in [0, 0.05) is 24.7 Å². The summed E-state index contributed by atoms with van der Waals surface area (Å²) in [5.41, 5.74) is 7.24. The standard InChI is InChI=1S/C14H21N3/c1-17-12(7-13(15)16-17)14-10-3-8-2-9(5-10)6-11(14)4-8/h7-11,14H,2-6H2,1H3,(H2,15,16). The second-order valence-corrected chi connectivity index (χ2v) is 6.57. The third kappa shape index (κ3) is 1.37. The van der Waals surface area contributed by atoms with Gasteiger partial charge in [-0.3, -0.25) is 4.68 Å². The van der Waals surface area contributed by atoms with Crippen LogP contribution in [0.1, 0.15) is 43.7 Å². The first-order valence-corrected chi connectivity index (χ1v) is 7.00. The van der Waals surface area contributed by atoms with Gasteiger partial charge in [-0.25, -0.2) is 0 Å². The summed E-state index contributed by atoms with van der Waals surface area (Å²) in [7, 11) is 2.05. The maximum Gasteiger partial charge on any atom is 0.145 e. The highest BCUT2D eigenvalue weighted by atomic mass is 15.3. The molecule has 0 radical (unpaired) electrons. The second kappa shape index (κ2) is 3.27. The number of hydrogen-bond donors (Lipinski definition) is 1. The van der Waals surface area contributed by atoms with E-state index in [9.17, 15) is 0 Å². The molecule has 1 heterocycles. The average Bonchev–Trinajstić information content (AvgIpc) is 2.56. The van der Waals surface area contributed by atoms with E-state index < -0.39 is 0 Å². The normalized spacial score (nSPS) is 43.2. The predicted octanol–water partition coefficient (Wildman–Crippen LogP) is 2.54. The van der Waals surface area contributed by atoms with E-state index in [1.54, 1.807) is 0 Å². The summed E-state index contributed by atoms with van der Waals surface area (Å²) in [4.78, 5) is 0. The van der Waals surface area contributed by atoms with Crippen molar-refractivity contribution in [1.29, 1.82) is 0 Å². The molecule has 1 aromatic rings. The Morgan fingerprint density at radius 1 is 1.12 bits per heavy atom. The van der Waals surface area contributed by atoms with Gasteiger partial charge >= 0.3 is 0 Å². The number of nitrogens with zero attached hydrogens (tertiary/aromatic N) is 2. The maximum absolute atomic E-state index is 5.84. The lowest BCUT2D eigenvalue weighted by Gasteiger charge is -2.54. The molecule has 4 aliphatic carbocycles. The summed E-state index contributed by atoms with van der Waals surface area (Å²) < 4.78 is 2.03. The Bertz CT molecular complexity index is 420. The molecule has 2 N–H and O–H groups in total. The minimum Gasteiger partial charge on any atom is -0.382 e. The first-order chi connectivity index (χ1) is 8.20. The van der Waals surface area contributed by atoms with Crippen molar-refractivity contribution in [2.45, 2.75) is 38.0 Å². The summed E-state index contributed by atoms with van der Waals surface area (Å²) >= 11 is 0. The third-order valence-electron chi connectivity index (χ3n) is 5.50. The Balaban J connectivity index is 1.72. The van der Waals surface area contributed by atoms with Crippen LogP contribution in [0.5, 0.6) is 0 Å². The first-order valence-electron chi connectivity index (χ1n) is 7.00. The molecule has 4 aliphatic rings. The Morgan fingerprint density at radius 2 is 1.71 bits per heavy atom. The van der Waals surface area contributed by atoms with Gasteiger partial charge in [-0.15, -0.1) is 0 Å². The summed E-state index contributed by atoms with van der Waals surface area (Å²) in [6, 6.07) is 2.12. The van der Waals surface area contributed by atoms with Gasteiger partial charge < -0.3 is 5.73 Å². The van der Waals surface area contributed by atoms with E-state index in [4.69, 9.17) is 5.73 Å². The second-order valence-electron chi connectivity index (χ2n) is 6.57. The largest absolute Gasteiger partial charge is 0.382 e. The van der Waals surface area contributed by atoms with Gasteiger partial charge in [0.15, 0.2) is 0 Å². The average molecular weight is 231 g/mol. The Morgan fingerprint density at radius 3 is 2.18 bits per heavy atom. The lowest BCUT2D eigenvalue weighted by molar-refractivity contribution is -0.00533. The summed E-state index contributed by atoms with van der Waals surface area (Å²) in [5, 5.41) is 4.34. The molecule has 0 aliphatic heterocycles. The third-order valence-corrected chi connectivity index (χ3v) is 5.50. The molecule has 3 heteroatoms. The Kier molecular flexibility index (Phi) is 1.92. The zero-order valence-corrected chi connectivity index (χ0v) is 10.5. The molecule has 0 unspecified atom stereocenters. The number of aryl methyl sites for hydroxylation is 1. The van der Waals surface area contributed by atoms with Gasteiger partial charge in [-0.1, -0.05) is 0 Å². The van der Waals surface area contributed by atoms with Gasteiger partial charge in [0.2, 0.25) is 0 Å². The highest BCUT2D eigenvalue weighted by Gasteiger charge is 2.49. The van der Waals surface area contributed by atoms with Crippen LogP contribution >= 0.6 is 0 Å². The van der Waals surface area contributed by atoms with E-state index in [0.717, 1.165) is 29.6 Å². The van der Waals surface area contributed by atoms with E-state index >= 15 is 0 Å². The molecular weight excluding hydrogens is 210 g/mol. The van der Waals surface area contributed by atoms with Crippen LogP contribution in [0.15, 0.2) is 6.07 Å². The number of nitrogen functional groups attached to an aromatic ring is 1. The number of anilines is 1. The van der Waals surface area contributed by atoms with E-state index in [2.05, 4.69) is 18.2 Å². The number of nitrogens with two attached hydrogens (primary N) is 1. The quantitative estimate of drug-likeness (QED) is 0.807. The highest BCUT2D eigenvalue weighted by Crippen LogP contribution is 2.59. The minimum atomic E-state index is 0.691. The van der Waals surface area contributed by atoms with Crippen molar-refractivity contribution in [1.82, 2.24) is 9.78 Å². The molecule has 1 aromatic heterocycles. The maximum atomic E-state index is 5.84. The molecule has 4 fully saturated rings. The van der Waals surface area contributed by atoms with Crippen LogP contribution in [0.2, 0.25) is 0 Å². The molecule has 0 amide bonds. The van der Waals surface area contributed by atoms with Gasteiger partial charge in [-0.2, -0.15) is 5.10 Å². The molecule has 17 heavy (non-hydrogen) atoms. The van der Waals surface area contributed by atoms with Gasteiger partial charge in [-0.05, 0) is 55.8 Å². The van der Waals surface area contributed by atoms with Crippen LogP contribution in [-0.4, -0.2) is 9.78 Å². The van der Waals surface area contributed by atoms with Crippen molar-refractivity contribution in [2.75, 3.05) is 5.73 Å². The Labute approximate surface area is 102 Å². The van der Waals surface area contributed by atoms with Crippen molar-refractivity contribution in [3.63, 3.8) is 0 Å². The molecule has 0 aromatic carbocycles. The van der Waals surface area contributed by atoms with Crippen molar-refractivity contribution in [3.05, 3.63) is 11.8 Å². The van der Waals surface area contributed by atoms with E-state index in [-0.39, 0.29) is 0 Å². The lowest BCUT2D eigenvalue weighted by Crippen LogP contribution is -2.44. The fourth-order valence-electron chi connectivity index (χ4n) is 5.22. The van der Waals surface area contributed by atoms with Crippen LogP contribution in [0.3, 0.4) is 0 Å². The molecule has 0 spiro atoms. The zero-order chi connectivity index (χ0) is 11.6. The van der Waals surface area contributed by atoms with E-state index in [0.29, 0.717) is 5.82 Å². The smallest absolute Gasteiger partial charge is 0.145 e. The van der Waals surface area contributed by atoms with Crippen LogP contribution < -0.4 is 5.73 Å². The molecule has 5 rings (SSSR count). The fraction of sp³-hybridized carbons (Fsp3) is 0.786. The van der Waals surface area contributed by atoms with Crippen LogP contribution in [-0.2, 0) is 7.05 Å². The summed E-state index contributed by atoms with van der Waals surface area (Å²) in [5.74, 6) is 5.36. The van der Waals surface area contributed by atoms with Crippen molar-refractivity contribution in [3.8, 4) is 0 Å². The molecule has 0 saturated heterocycles. The highest BCUT2D eigenvalue weighted by molar-refractivity contribution is 5.32.